The molecule has 2 heterocycles. The fraction of sp³-hybridized carbons (Fsp3) is 0.467. The molecule has 0 radical (unpaired) electrons. The molecule has 0 spiro atoms. The third-order valence-electron chi connectivity index (χ3n) is 3.88. The highest BCUT2D eigenvalue weighted by molar-refractivity contribution is 5.97. The maximum Gasteiger partial charge on any atom is 0.323 e. The molecule has 6 heteroatoms. The lowest BCUT2D eigenvalue weighted by Crippen LogP contribution is -2.37. The predicted octanol–water partition coefficient (Wildman–Crippen LogP) is 1.50. The first-order chi connectivity index (χ1) is 10.2. The number of ether oxygens (including phenoxy) is 1. The van der Waals surface area contributed by atoms with Gasteiger partial charge in [0.25, 0.3) is 5.91 Å². The summed E-state index contributed by atoms with van der Waals surface area (Å²) in [6.45, 7) is 4.01. The molecule has 21 heavy (non-hydrogen) atoms. The van der Waals surface area contributed by atoms with Gasteiger partial charge in [-0.15, -0.1) is 0 Å². The van der Waals surface area contributed by atoms with Gasteiger partial charge in [-0.1, -0.05) is 0 Å². The molecular formula is C15H19N3O3. The van der Waals surface area contributed by atoms with E-state index in [1.165, 1.54) is 0 Å². The number of nitrogens with zero attached hydrogens (tertiary/aromatic N) is 1. The monoisotopic (exact) mass is 289 g/mol. The zero-order valence-electron chi connectivity index (χ0n) is 12.0. The van der Waals surface area contributed by atoms with Crippen LogP contribution in [0.5, 0.6) is 0 Å². The Morgan fingerprint density at radius 1 is 1.38 bits per heavy atom. The molecule has 1 aromatic heterocycles. The van der Waals surface area contributed by atoms with E-state index < -0.39 is 0 Å². The molecule has 0 aliphatic carbocycles. The largest absolute Gasteiger partial charge is 0.376 e. The average Bonchev–Trinajstić information content (AvgIpc) is 3.11. The summed E-state index contributed by atoms with van der Waals surface area (Å²) in [7, 11) is 0. The summed E-state index contributed by atoms with van der Waals surface area (Å²) in [6.07, 6.45) is 2.21. The number of likely N-dealkylation sites (N-methyl/N-ethyl adjacent to an activating group) is 1. The highest BCUT2D eigenvalue weighted by Gasteiger charge is 2.22. The molecule has 1 unspecified atom stereocenters. The van der Waals surface area contributed by atoms with Crippen LogP contribution >= 0.6 is 0 Å². The van der Waals surface area contributed by atoms with Crippen molar-refractivity contribution >= 4 is 16.9 Å². The number of aromatic nitrogens is 2. The van der Waals surface area contributed by atoms with E-state index in [-0.39, 0.29) is 17.7 Å². The van der Waals surface area contributed by atoms with Crippen molar-refractivity contribution in [3.05, 3.63) is 34.2 Å². The number of carbonyl (C=O) groups is 1. The minimum Gasteiger partial charge on any atom is -0.376 e. The van der Waals surface area contributed by atoms with Crippen molar-refractivity contribution in [2.75, 3.05) is 19.7 Å². The van der Waals surface area contributed by atoms with Crippen molar-refractivity contribution in [1.29, 1.82) is 0 Å². The summed E-state index contributed by atoms with van der Waals surface area (Å²) in [4.78, 5) is 31.0. The van der Waals surface area contributed by atoms with Crippen molar-refractivity contribution in [1.82, 2.24) is 14.9 Å². The Morgan fingerprint density at radius 3 is 2.90 bits per heavy atom. The van der Waals surface area contributed by atoms with E-state index in [1.807, 2.05) is 6.92 Å². The topological polar surface area (TPSA) is 78.2 Å². The molecule has 2 N–H and O–H groups in total. The number of H-pyrrole nitrogens is 2. The Bertz CT molecular complexity index is 697. The van der Waals surface area contributed by atoms with Gasteiger partial charge in [-0.2, -0.15) is 0 Å². The minimum atomic E-state index is -0.263. The third-order valence-corrected chi connectivity index (χ3v) is 3.88. The number of rotatable bonds is 4. The summed E-state index contributed by atoms with van der Waals surface area (Å²) in [5.41, 5.74) is 1.68. The average molecular weight is 289 g/mol. The van der Waals surface area contributed by atoms with Gasteiger partial charge >= 0.3 is 5.69 Å². The molecular weight excluding hydrogens is 270 g/mol. The fourth-order valence-electron chi connectivity index (χ4n) is 2.74. The maximum atomic E-state index is 12.6. The molecule has 1 aliphatic rings. The van der Waals surface area contributed by atoms with Crippen LogP contribution in [0.25, 0.3) is 11.0 Å². The van der Waals surface area contributed by atoms with E-state index in [9.17, 15) is 9.59 Å². The Morgan fingerprint density at radius 2 is 2.19 bits per heavy atom. The standard InChI is InChI=1S/C15H19N3O3/c1-2-18(9-11-4-3-7-21-11)14(19)10-5-6-12-13(8-10)17-15(20)16-12/h5-6,8,11H,2-4,7,9H2,1H3,(H2,16,17,20). The quantitative estimate of drug-likeness (QED) is 0.895. The maximum absolute atomic E-state index is 12.6. The summed E-state index contributed by atoms with van der Waals surface area (Å²) in [5.74, 6) is -0.0306. The number of nitrogens with one attached hydrogen (secondary N) is 2. The van der Waals surface area contributed by atoms with Crippen molar-refractivity contribution < 1.29 is 9.53 Å². The van der Waals surface area contributed by atoms with Crippen LogP contribution in [0.4, 0.5) is 0 Å². The van der Waals surface area contributed by atoms with E-state index in [2.05, 4.69) is 9.97 Å². The van der Waals surface area contributed by atoms with E-state index in [4.69, 9.17) is 4.74 Å². The number of imidazole rings is 1. The summed E-state index contributed by atoms with van der Waals surface area (Å²) < 4.78 is 5.60. The molecule has 1 saturated heterocycles. The number of hydrogen-bond acceptors (Lipinski definition) is 3. The van der Waals surface area contributed by atoms with Gasteiger partial charge in [0.2, 0.25) is 0 Å². The SMILES string of the molecule is CCN(CC1CCCO1)C(=O)c1ccc2[nH]c(=O)[nH]c2c1. The Hall–Kier alpha value is -2.08. The normalized spacial score (nSPS) is 18.2. The molecule has 1 atom stereocenters. The second kappa shape index (κ2) is 5.73. The van der Waals surface area contributed by atoms with Gasteiger partial charge < -0.3 is 19.6 Å². The van der Waals surface area contributed by atoms with Crippen molar-refractivity contribution in [2.24, 2.45) is 0 Å². The van der Waals surface area contributed by atoms with Gasteiger partial charge in [0.05, 0.1) is 17.1 Å². The molecule has 1 fully saturated rings. The van der Waals surface area contributed by atoms with E-state index in [0.717, 1.165) is 19.4 Å². The van der Waals surface area contributed by atoms with Crippen LogP contribution in [-0.2, 0) is 4.74 Å². The number of fused-ring (bicyclic) bond motifs is 1. The number of hydrogen-bond donors (Lipinski definition) is 2. The molecule has 112 valence electrons. The van der Waals surface area contributed by atoms with Crippen molar-refractivity contribution in [3.8, 4) is 0 Å². The molecule has 1 amide bonds. The van der Waals surface area contributed by atoms with Gasteiger partial charge in [0, 0.05) is 25.3 Å². The summed E-state index contributed by atoms with van der Waals surface area (Å²) in [6, 6.07) is 5.21. The Kier molecular flexibility index (Phi) is 3.79. The number of amides is 1. The lowest BCUT2D eigenvalue weighted by atomic mass is 10.1. The summed E-state index contributed by atoms with van der Waals surface area (Å²) in [5, 5.41) is 0. The van der Waals surface area contributed by atoms with Crippen molar-refractivity contribution in [3.63, 3.8) is 0 Å². The molecule has 2 aromatic rings. The number of benzene rings is 1. The molecule has 0 saturated carbocycles. The smallest absolute Gasteiger partial charge is 0.323 e. The van der Waals surface area contributed by atoms with Crippen LogP contribution in [0.2, 0.25) is 0 Å². The first-order valence-electron chi connectivity index (χ1n) is 7.30. The molecule has 6 nitrogen and oxygen atoms in total. The van der Waals surface area contributed by atoms with Crippen LogP contribution in [0, 0.1) is 0 Å². The van der Waals surface area contributed by atoms with Crippen LogP contribution in [0.1, 0.15) is 30.1 Å². The van der Waals surface area contributed by atoms with Crippen molar-refractivity contribution in [2.45, 2.75) is 25.9 Å². The zero-order chi connectivity index (χ0) is 14.8. The van der Waals surface area contributed by atoms with Crippen LogP contribution in [0.3, 0.4) is 0 Å². The Balaban J connectivity index is 1.81. The second-order valence-electron chi connectivity index (χ2n) is 5.32. The van der Waals surface area contributed by atoms with Gasteiger partial charge in [-0.05, 0) is 38.0 Å². The lowest BCUT2D eigenvalue weighted by molar-refractivity contribution is 0.0539. The van der Waals surface area contributed by atoms with E-state index in [0.29, 0.717) is 29.7 Å². The van der Waals surface area contributed by atoms with Gasteiger partial charge in [0.1, 0.15) is 0 Å². The first-order valence-corrected chi connectivity index (χ1v) is 7.30. The Labute approximate surface area is 122 Å². The van der Waals surface area contributed by atoms with Crippen LogP contribution < -0.4 is 5.69 Å². The lowest BCUT2D eigenvalue weighted by Gasteiger charge is -2.24. The van der Waals surface area contributed by atoms with Gasteiger partial charge in [-0.25, -0.2) is 4.79 Å². The third kappa shape index (κ3) is 2.85. The minimum absolute atomic E-state index is 0.0306. The van der Waals surface area contributed by atoms with E-state index >= 15 is 0 Å². The molecule has 1 aromatic carbocycles. The number of carbonyl (C=O) groups excluding carboxylic acids is 1. The second-order valence-corrected chi connectivity index (χ2v) is 5.32. The predicted molar refractivity (Wildman–Crippen MR) is 79.5 cm³/mol. The van der Waals surface area contributed by atoms with E-state index in [1.54, 1.807) is 23.1 Å². The highest BCUT2D eigenvalue weighted by Crippen LogP contribution is 2.16. The van der Waals surface area contributed by atoms with Gasteiger partial charge in [-0.3, -0.25) is 4.79 Å². The van der Waals surface area contributed by atoms with Crippen LogP contribution in [0.15, 0.2) is 23.0 Å². The molecule has 0 bridgehead atoms. The fourth-order valence-corrected chi connectivity index (χ4v) is 2.74. The van der Waals surface area contributed by atoms with Gasteiger partial charge in [0.15, 0.2) is 0 Å². The highest BCUT2D eigenvalue weighted by atomic mass is 16.5. The number of aromatic amines is 2. The van der Waals surface area contributed by atoms with Crippen LogP contribution in [-0.4, -0.2) is 46.6 Å². The zero-order valence-corrected chi connectivity index (χ0v) is 12.0. The first kappa shape index (κ1) is 13.9. The molecule has 1 aliphatic heterocycles. The molecule has 3 rings (SSSR count). The summed E-state index contributed by atoms with van der Waals surface area (Å²) >= 11 is 0.